The molecule has 1 aliphatic rings. The first-order valence-electron chi connectivity index (χ1n) is 11.2. The van der Waals surface area contributed by atoms with Gasteiger partial charge in [0.2, 0.25) is 0 Å². The molecule has 0 amide bonds. The van der Waals surface area contributed by atoms with E-state index in [0.717, 1.165) is 26.1 Å². The summed E-state index contributed by atoms with van der Waals surface area (Å²) in [4.78, 5) is 30.2. The van der Waals surface area contributed by atoms with E-state index in [1.807, 2.05) is 52.0 Å². The van der Waals surface area contributed by atoms with Crippen LogP contribution in [0.5, 0.6) is 5.75 Å². The molecule has 0 radical (unpaired) electrons. The van der Waals surface area contributed by atoms with Crippen LogP contribution in [0.1, 0.15) is 48.2 Å². The van der Waals surface area contributed by atoms with Crippen LogP contribution < -0.4 is 39.4 Å². The second-order valence-corrected chi connectivity index (χ2v) is 10.4. The third-order valence-electron chi connectivity index (χ3n) is 6.22. The van der Waals surface area contributed by atoms with Gasteiger partial charge in [0.05, 0.1) is 33.9 Å². The molecule has 3 heterocycles. The summed E-state index contributed by atoms with van der Waals surface area (Å²) in [5.41, 5.74) is 2.39. The summed E-state index contributed by atoms with van der Waals surface area (Å²) in [7, 11) is 0. The molecule has 1 atom stereocenters. The van der Waals surface area contributed by atoms with Crippen molar-refractivity contribution in [2.75, 3.05) is 0 Å². The molecule has 1 aliphatic heterocycles. The smallest absolute Gasteiger partial charge is 0.545 e. The molecule has 0 saturated carbocycles. The number of carbonyl (C=O) groups excluding carboxylic acids is 2. The largest absolute Gasteiger partial charge is 1.00 e. The monoisotopic (exact) mass is 497 g/mol. The zero-order valence-corrected chi connectivity index (χ0v) is 23.2. The van der Waals surface area contributed by atoms with Gasteiger partial charge < -0.3 is 19.4 Å². The molecule has 35 heavy (non-hydrogen) atoms. The average molecular weight is 498 g/mol. The molecule has 8 heteroatoms. The predicted octanol–water partition coefficient (Wildman–Crippen LogP) is 1.96. The molecule has 0 spiro atoms. The van der Waals surface area contributed by atoms with Gasteiger partial charge in [-0.1, -0.05) is 24.3 Å². The van der Waals surface area contributed by atoms with Crippen molar-refractivity contribution in [1.29, 1.82) is 0 Å². The maximum atomic E-state index is 12.3. The molecule has 5 rings (SSSR count). The third-order valence-corrected chi connectivity index (χ3v) is 7.51. The van der Waals surface area contributed by atoms with E-state index in [1.54, 1.807) is 23.5 Å². The predicted molar refractivity (Wildman–Crippen MR) is 130 cm³/mol. The number of fused-ring (bicyclic) bond motifs is 2. The Kier molecular flexibility index (Phi) is 6.99. The van der Waals surface area contributed by atoms with Gasteiger partial charge in [-0.3, -0.25) is 4.79 Å². The Balaban J connectivity index is 0.00000289. The number of pyridine rings is 1. The number of aromatic nitrogens is 1. The van der Waals surface area contributed by atoms with E-state index in [1.165, 1.54) is 0 Å². The minimum Gasteiger partial charge on any atom is -0.545 e. The number of cyclic esters (lactones) is 1. The van der Waals surface area contributed by atoms with Gasteiger partial charge in [-0.15, -0.1) is 11.3 Å². The Morgan fingerprint density at radius 3 is 2.63 bits per heavy atom. The number of carboxylic acid groups (broad SMARTS) is 1. The summed E-state index contributed by atoms with van der Waals surface area (Å²) in [6.45, 7) is 7.58. The number of rotatable bonds is 4. The first-order chi connectivity index (χ1) is 16.1. The van der Waals surface area contributed by atoms with Crippen LogP contribution in [0.4, 0.5) is 0 Å². The maximum Gasteiger partial charge on any atom is 1.00 e. The molecule has 2 aromatic heterocycles. The van der Waals surface area contributed by atoms with Crippen molar-refractivity contribution in [3.63, 3.8) is 0 Å². The molecule has 1 unspecified atom stereocenters. The standard InChI is InChI=1S/C27H25NO5S.Na/c1-14-9-10-20(32-16-11-22(29)33-27(3,4)13-16)23-18(26(30)31)12-19(28-24(14)23)25-15(2)17-7-5-6-8-21(17)34-25;/h5-10,12,16H,11,13H2,1-4H3,(H,30,31);/q;+1/p-1. The number of esters is 1. The number of hydrogen-bond donors (Lipinski definition) is 0. The Bertz CT molecular complexity index is 1480. The average Bonchev–Trinajstić information content (AvgIpc) is 3.10. The summed E-state index contributed by atoms with van der Waals surface area (Å²) in [5, 5.41) is 13.8. The minimum atomic E-state index is -1.30. The van der Waals surface area contributed by atoms with E-state index in [9.17, 15) is 14.7 Å². The molecule has 6 nitrogen and oxygen atoms in total. The van der Waals surface area contributed by atoms with Crippen LogP contribution in [-0.2, 0) is 9.53 Å². The molecule has 0 bridgehead atoms. The number of carboxylic acids is 1. The molecule has 2 aromatic carbocycles. The van der Waals surface area contributed by atoms with E-state index in [-0.39, 0.29) is 47.5 Å². The number of aromatic carboxylic acids is 1. The van der Waals surface area contributed by atoms with Crippen LogP contribution in [0.2, 0.25) is 0 Å². The van der Waals surface area contributed by atoms with E-state index < -0.39 is 17.7 Å². The molecule has 1 saturated heterocycles. The third kappa shape index (κ3) is 4.83. The number of aryl methyl sites for hydroxylation is 2. The Labute approximate surface area is 229 Å². The second kappa shape index (κ2) is 9.54. The Hall–Kier alpha value is -2.45. The summed E-state index contributed by atoms with van der Waals surface area (Å²) in [6.07, 6.45) is 0.175. The normalized spacial score (nSPS) is 17.1. The molecule has 174 valence electrons. The van der Waals surface area contributed by atoms with Gasteiger partial charge in [0.15, 0.2) is 0 Å². The van der Waals surface area contributed by atoms with Gasteiger partial charge in [-0.05, 0) is 62.4 Å². The van der Waals surface area contributed by atoms with Gasteiger partial charge in [0, 0.05) is 16.7 Å². The number of benzene rings is 2. The minimum absolute atomic E-state index is 0. The van der Waals surface area contributed by atoms with Crippen molar-refractivity contribution in [3.05, 3.63) is 59.2 Å². The van der Waals surface area contributed by atoms with Crippen molar-refractivity contribution in [2.45, 2.75) is 52.2 Å². The van der Waals surface area contributed by atoms with Crippen LogP contribution in [0.15, 0.2) is 42.5 Å². The SMILES string of the molecule is Cc1c(-c2cc(C(=O)[O-])c3c(OC4CC(=O)OC(C)(C)C4)ccc(C)c3n2)sc2ccccc12.[Na+]. The van der Waals surface area contributed by atoms with Crippen LogP contribution in [0.25, 0.3) is 31.6 Å². The van der Waals surface area contributed by atoms with Crippen molar-refractivity contribution >= 4 is 44.3 Å². The van der Waals surface area contributed by atoms with Crippen LogP contribution in [0.3, 0.4) is 0 Å². The molecule has 0 aliphatic carbocycles. The quantitative estimate of drug-likeness (QED) is 0.317. The van der Waals surface area contributed by atoms with Gasteiger partial charge in [-0.25, -0.2) is 4.98 Å². The zero-order valence-electron chi connectivity index (χ0n) is 20.4. The number of carbonyl (C=O) groups is 2. The van der Waals surface area contributed by atoms with Crippen molar-refractivity contribution in [2.24, 2.45) is 0 Å². The number of hydrogen-bond acceptors (Lipinski definition) is 7. The van der Waals surface area contributed by atoms with Gasteiger partial charge in [0.25, 0.3) is 0 Å². The van der Waals surface area contributed by atoms with Crippen molar-refractivity contribution in [1.82, 2.24) is 4.98 Å². The first kappa shape index (κ1) is 25.6. The zero-order chi connectivity index (χ0) is 24.2. The molecular formula is C27H24NNaO5S. The van der Waals surface area contributed by atoms with Crippen molar-refractivity contribution in [3.8, 4) is 16.3 Å². The second-order valence-electron chi connectivity index (χ2n) is 9.38. The molecular weight excluding hydrogens is 473 g/mol. The number of nitrogens with zero attached hydrogens (tertiary/aromatic N) is 1. The van der Waals surface area contributed by atoms with Crippen LogP contribution in [0, 0.1) is 13.8 Å². The summed E-state index contributed by atoms with van der Waals surface area (Å²) >= 11 is 1.59. The number of ether oxygens (including phenoxy) is 2. The summed E-state index contributed by atoms with van der Waals surface area (Å²) in [5.74, 6) is -1.26. The summed E-state index contributed by atoms with van der Waals surface area (Å²) < 4.78 is 12.7. The first-order valence-corrected chi connectivity index (χ1v) is 12.0. The summed E-state index contributed by atoms with van der Waals surface area (Å²) in [6, 6.07) is 13.2. The van der Waals surface area contributed by atoms with E-state index >= 15 is 0 Å². The van der Waals surface area contributed by atoms with Gasteiger partial charge >= 0.3 is 35.5 Å². The van der Waals surface area contributed by atoms with Gasteiger partial charge in [0.1, 0.15) is 17.5 Å². The van der Waals surface area contributed by atoms with E-state index in [4.69, 9.17) is 14.5 Å². The Morgan fingerprint density at radius 1 is 1.20 bits per heavy atom. The van der Waals surface area contributed by atoms with E-state index in [2.05, 4.69) is 6.07 Å². The van der Waals surface area contributed by atoms with Gasteiger partial charge in [-0.2, -0.15) is 0 Å². The van der Waals surface area contributed by atoms with Crippen molar-refractivity contribution < 1.29 is 53.7 Å². The number of thiophene rings is 1. The van der Waals surface area contributed by atoms with E-state index in [0.29, 0.717) is 28.8 Å². The molecule has 0 N–H and O–H groups in total. The fourth-order valence-electron chi connectivity index (χ4n) is 4.70. The van der Waals surface area contributed by atoms with Crippen LogP contribution >= 0.6 is 11.3 Å². The fraction of sp³-hybridized carbons (Fsp3) is 0.296. The Morgan fingerprint density at radius 2 is 1.94 bits per heavy atom. The topological polar surface area (TPSA) is 88.6 Å². The molecule has 4 aromatic rings. The fourth-order valence-corrected chi connectivity index (χ4v) is 5.87. The molecule has 1 fully saturated rings. The van der Waals surface area contributed by atoms with Crippen LogP contribution in [-0.4, -0.2) is 28.6 Å². The maximum absolute atomic E-state index is 12.3.